The van der Waals surface area contributed by atoms with Gasteiger partial charge < -0.3 is 10.6 Å². The number of anilines is 1. The van der Waals surface area contributed by atoms with Gasteiger partial charge in [-0.05, 0) is 43.7 Å². The van der Waals surface area contributed by atoms with Crippen LogP contribution < -0.4 is 10.6 Å². The van der Waals surface area contributed by atoms with E-state index in [-0.39, 0.29) is 17.9 Å². The maximum absolute atomic E-state index is 12.5. The Balaban J connectivity index is 1.73. The fourth-order valence-corrected chi connectivity index (χ4v) is 3.87. The zero-order valence-electron chi connectivity index (χ0n) is 14.5. The van der Waals surface area contributed by atoms with E-state index in [0.717, 1.165) is 16.5 Å². The van der Waals surface area contributed by atoms with Crippen LogP contribution >= 0.6 is 22.9 Å². The fourth-order valence-electron chi connectivity index (χ4n) is 2.46. The Labute approximate surface area is 161 Å². The van der Waals surface area contributed by atoms with Crippen molar-refractivity contribution in [3.8, 4) is 0 Å². The molecule has 26 heavy (non-hydrogen) atoms. The van der Waals surface area contributed by atoms with Crippen LogP contribution in [0.3, 0.4) is 0 Å². The first-order valence-electron chi connectivity index (χ1n) is 8.39. The van der Waals surface area contributed by atoms with Gasteiger partial charge in [0.2, 0.25) is 0 Å². The van der Waals surface area contributed by atoms with Crippen molar-refractivity contribution in [1.82, 2.24) is 5.32 Å². The van der Waals surface area contributed by atoms with Gasteiger partial charge in [-0.1, -0.05) is 36.7 Å². The molecule has 0 aliphatic heterocycles. The minimum absolute atomic E-state index is 0.121. The van der Waals surface area contributed by atoms with Gasteiger partial charge in [-0.15, -0.1) is 11.3 Å². The third-order valence-corrected chi connectivity index (χ3v) is 5.81. The highest BCUT2D eigenvalue weighted by Crippen LogP contribution is 2.35. The van der Waals surface area contributed by atoms with Crippen LogP contribution in [0.2, 0.25) is 5.02 Å². The second-order valence-electron chi connectivity index (χ2n) is 6.06. The molecule has 2 amide bonds. The van der Waals surface area contributed by atoms with E-state index in [4.69, 9.17) is 11.6 Å². The molecule has 0 spiro atoms. The summed E-state index contributed by atoms with van der Waals surface area (Å²) in [6.07, 6.45) is 0.871. The summed E-state index contributed by atoms with van der Waals surface area (Å²) in [5, 5.41) is 7.09. The second kappa shape index (κ2) is 7.89. The Morgan fingerprint density at radius 1 is 1.08 bits per heavy atom. The maximum atomic E-state index is 12.5. The first kappa shape index (κ1) is 18.4. The van der Waals surface area contributed by atoms with Crippen LogP contribution in [-0.4, -0.2) is 17.9 Å². The van der Waals surface area contributed by atoms with Crippen LogP contribution in [0.4, 0.5) is 5.69 Å². The molecule has 0 aliphatic carbocycles. The van der Waals surface area contributed by atoms with Crippen LogP contribution in [0.15, 0.2) is 48.5 Å². The SMILES string of the molecule is CCC(C)NC(=O)c1ccc(NC(=O)c2sc3ccccc3c2Cl)cc1. The van der Waals surface area contributed by atoms with E-state index in [9.17, 15) is 9.59 Å². The molecule has 3 rings (SSSR count). The summed E-state index contributed by atoms with van der Waals surface area (Å²) in [6.45, 7) is 3.98. The summed E-state index contributed by atoms with van der Waals surface area (Å²) in [5.74, 6) is -0.377. The van der Waals surface area contributed by atoms with Gasteiger partial charge in [0, 0.05) is 27.4 Å². The Bertz CT molecular complexity index is 950. The summed E-state index contributed by atoms with van der Waals surface area (Å²) >= 11 is 7.70. The Hall–Kier alpha value is -2.37. The molecular weight excluding hydrogens is 368 g/mol. The molecule has 134 valence electrons. The van der Waals surface area contributed by atoms with Gasteiger partial charge in [0.1, 0.15) is 4.88 Å². The number of carbonyl (C=O) groups excluding carboxylic acids is 2. The average Bonchev–Trinajstić information content (AvgIpc) is 2.99. The van der Waals surface area contributed by atoms with Gasteiger partial charge in [0.05, 0.1) is 5.02 Å². The molecule has 4 nitrogen and oxygen atoms in total. The number of fused-ring (bicyclic) bond motifs is 1. The predicted octanol–water partition coefficient (Wildman–Crippen LogP) is 5.34. The Kier molecular flexibility index (Phi) is 5.59. The number of halogens is 1. The van der Waals surface area contributed by atoms with Crippen LogP contribution in [0.5, 0.6) is 0 Å². The minimum Gasteiger partial charge on any atom is -0.350 e. The monoisotopic (exact) mass is 386 g/mol. The van der Waals surface area contributed by atoms with Crippen LogP contribution in [0, 0.1) is 0 Å². The standard InChI is InChI=1S/C20H19ClN2O2S/c1-3-12(2)22-19(24)13-8-10-14(11-9-13)23-20(25)18-17(21)15-6-4-5-7-16(15)26-18/h4-12H,3H2,1-2H3,(H,22,24)(H,23,25). The van der Waals surface area contributed by atoms with Crippen molar-refractivity contribution in [3.05, 3.63) is 64.0 Å². The van der Waals surface area contributed by atoms with Crippen molar-refractivity contribution < 1.29 is 9.59 Å². The van der Waals surface area contributed by atoms with E-state index in [2.05, 4.69) is 10.6 Å². The number of thiophene rings is 1. The molecule has 0 fully saturated rings. The summed E-state index contributed by atoms with van der Waals surface area (Å²) in [5.41, 5.74) is 1.17. The van der Waals surface area contributed by atoms with Crippen molar-refractivity contribution in [2.75, 3.05) is 5.32 Å². The van der Waals surface area contributed by atoms with E-state index in [1.807, 2.05) is 38.1 Å². The Morgan fingerprint density at radius 3 is 2.42 bits per heavy atom. The minimum atomic E-state index is -0.256. The molecule has 1 heterocycles. The lowest BCUT2D eigenvalue weighted by Crippen LogP contribution is -2.31. The number of amides is 2. The van der Waals surface area contributed by atoms with Crippen molar-refractivity contribution >= 4 is 50.5 Å². The van der Waals surface area contributed by atoms with E-state index in [1.54, 1.807) is 24.3 Å². The predicted molar refractivity (Wildman–Crippen MR) is 108 cm³/mol. The van der Waals surface area contributed by atoms with E-state index in [0.29, 0.717) is 21.2 Å². The molecule has 2 N–H and O–H groups in total. The van der Waals surface area contributed by atoms with Crippen molar-refractivity contribution in [2.24, 2.45) is 0 Å². The van der Waals surface area contributed by atoms with E-state index in [1.165, 1.54) is 11.3 Å². The molecule has 0 aliphatic rings. The summed E-state index contributed by atoms with van der Waals surface area (Å²) in [6, 6.07) is 14.6. The van der Waals surface area contributed by atoms with Crippen LogP contribution in [0.1, 0.15) is 40.3 Å². The highest BCUT2D eigenvalue weighted by molar-refractivity contribution is 7.21. The zero-order chi connectivity index (χ0) is 18.7. The fraction of sp³-hybridized carbons (Fsp3) is 0.200. The van der Waals surface area contributed by atoms with Crippen LogP contribution in [-0.2, 0) is 0 Å². The van der Waals surface area contributed by atoms with Gasteiger partial charge in [-0.25, -0.2) is 0 Å². The van der Waals surface area contributed by atoms with Gasteiger partial charge in [0.25, 0.3) is 11.8 Å². The lowest BCUT2D eigenvalue weighted by atomic mass is 10.1. The highest BCUT2D eigenvalue weighted by Gasteiger charge is 2.17. The molecule has 2 aromatic carbocycles. The summed E-state index contributed by atoms with van der Waals surface area (Å²) < 4.78 is 0.972. The molecule has 1 atom stereocenters. The number of rotatable bonds is 5. The number of hydrogen-bond donors (Lipinski definition) is 2. The normalized spacial score (nSPS) is 12.0. The quantitative estimate of drug-likeness (QED) is 0.622. The third kappa shape index (κ3) is 3.89. The first-order chi connectivity index (χ1) is 12.5. The summed E-state index contributed by atoms with van der Waals surface area (Å²) in [4.78, 5) is 25.1. The number of nitrogens with one attached hydrogen (secondary N) is 2. The molecule has 1 unspecified atom stereocenters. The van der Waals surface area contributed by atoms with Gasteiger partial charge in [0.15, 0.2) is 0 Å². The summed E-state index contributed by atoms with van der Waals surface area (Å²) in [7, 11) is 0. The largest absolute Gasteiger partial charge is 0.350 e. The Morgan fingerprint density at radius 2 is 1.77 bits per heavy atom. The average molecular weight is 387 g/mol. The molecular formula is C20H19ClN2O2S. The molecule has 1 aromatic heterocycles. The maximum Gasteiger partial charge on any atom is 0.267 e. The smallest absolute Gasteiger partial charge is 0.267 e. The zero-order valence-corrected chi connectivity index (χ0v) is 16.1. The van der Waals surface area contributed by atoms with Gasteiger partial charge in [-0.3, -0.25) is 9.59 Å². The van der Waals surface area contributed by atoms with Crippen LogP contribution in [0.25, 0.3) is 10.1 Å². The van der Waals surface area contributed by atoms with Crippen molar-refractivity contribution in [1.29, 1.82) is 0 Å². The molecule has 3 aromatic rings. The van der Waals surface area contributed by atoms with E-state index < -0.39 is 0 Å². The van der Waals surface area contributed by atoms with Gasteiger partial charge >= 0.3 is 0 Å². The van der Waals surface area contributed by atoms with Gasteiger partial charge in [-0.2, -0.15) is 0 Å². The molecule has 0 radical (unpaired) electrons. The number of benzene rings is 2. The molecule has 0 saturated carbocycles. The lowest BCUT2D eigenvalue weighted by molar-refractivity contribution is 0.0938. The third-order valence-electron chi connectivity index (χ3n) is 4.14. The first-order valence-corrected chi connectivity index (χ1v) is 9.58. The highest BCUT2D eigenvalue weighted by atomic mass is 35.5. The topological polar surface area (TPSA) is 58.2 Å². The number of hydrogen-bond acceptors (Lipinski definition) is 3. The molecule has 6 heteroatoms. The molecule has 0 saturated heterocycles. The number of carbonyl (C=O) groups is 2. The van der Waals surface area contributed by atoms with Crippen molar-refractivity contribution in [3.63, 3.8) is 0 Å². The lowest BCUT2D eigenvalue weighted by Gasteiger charge is -2.11. The second-order valence-corrected chi connectivity index (χ2v) is 7.49. The molecule has 0 bridgehead atoms. The van der Waals surface area contributed by atoms with Crippen molar-refractivity contribution in [2.45, 2.75) is 26.3 Å². The van der Waals surface area contributed by atoms with E-state index >= 15 is 0 Å².